The Hall–Kier alpha value is -0.870. The molecular weight excluding hydrogens is 156 g/mol. The fourth-order valence-electron chi connectivity index (χ4n) is 1.03. The monoisotopic (exact) mass is 170 g/mol. The maximum Gasteiger partial charge on any atom is 0.151 e. The lowest BCUT2D eigenvalue weighted by molar-refractivity contribution is 0.00791. The van der Waals surface area contributed by atoms with E-state index < -0.39 is 0 Å². The van der Waals surface area contributed by atoms with Gasteiger partial charge in [0.05, 0.1) is 6.61 Å². The molecule has 0 aromatic carbocycles. The van der Waals surface area contributed by atoms with Crippen LogP contribution in [0.3, 0.4) is 0 Å². The lowest BCUT2D eigenvalue weighted by atomic mass is 10.4. The Morgan fingerprint density at radius 1 is 1.50 bits per heavy atom. The molecule has 0 aliphatic heterocycles. The Morgan fingerprint density at radius 3 is 2.83 bits per heavy atom. The van der Waals surface area contributed by atoms with Crippen molar-refractivity contribution in [1.82, 2.24) is 9.78 Å². The van der Waals surface area contributed by atoms with E-state index in [0.717, 1.165) is 6.42 Å². The summed E-state index contributed by atoms with van der Waals surface area (Å²) in [5.41, 5.74) is 0. The molecule has 0 spiro atoms. The summed E-state index contributed by atoms with van der Waals surface area (Å²) in [4.78, 5) is 0. The van der Waals surface area contributed by atoms with Crippen LogP contribution in [0.15, 0.2) is 18.5 Å². The molecule has 0 fully saturated rings. The van der Waals surface area contributed by atoms with Gasteiger partial charge < -0.3 is 9.47 Å². The van der Waals surface area contributed by atoms with Gasteiger partial charge in [0.25, 0.3) is 0 Å². The summed E-state index contributed by atoms with van der Waals surface area (Å²) >= 11 is 0. The van der Waals surface area contributed by atoms with E-state index in [2.05, 4.69) is 5.10 Å². The molecule has 68 valence electrons. The van der Waals surface area contributed by atoms with Gasteiger partial charge in [-0.3, -0.25) is 0 Å². The molecule has 4 nitrogen and oxygen atoms in total. The average Bonchev–Trinajstić information content (AvgIpc) is 2.59. The summed E-state index contributed by atoms with van der Waals surface area (Å²) in [7, 11) is 3.35. The van der Waals surface area contributed by atoms with Crippen LogP contribution in [0.4, 0.5) is 0 Å². The lowest BCUT2D eigenvalue weighted by Crippen LogP contribution is -2.13. The first-order valence-corrected chi connectivity index (χ1v) is 3.89. The molecule has 1 atom stereocenters. The second-order valence-electron chi connectivity index (χ2n) is 2.46. The number of nitrogens with zero attached hydrogens (tertiary/aromatic N) is 2. The van der Waals surface area contributed by atoms with Crippen molar-refractivity contribution in [3.8, 4) is 0 Å². The van der Waals surface area contributed by atoms with Crippen molar-refractivity contribution in [3.05, 3.63) is 18.5 Å². The minimum Gasteiger partial charge on any atom is -0.385 e. The summed E-state index contributed by atoms with van der Waals surface area (Å²) < 4.78 is 11.9. The molecular formula is C8H14N2O2. The number of ether oxygens (including phenoxy) is 2. The Bertz CT molecular complexity index is 199. The molecule has 0 N–H and O–H groups in total. The zero-order valence-electron chi connectivity index (χ0n) is 7.43. The van der Waals surface area contributed by atoms with Crippen molar-refractivity contribution < 1.29 is 9.47 Å². The van der Waals surface area contributed by atoms with E-state index in [1.807, 2.05) is 12.3 Å². The minimum atomic E-state index is -0.0139. The van der Waals surface area contributed by atoms with Gasteiger partial charge >= 0.3 is 0 Å². The Morgan fingerprint density at radius 2 is 2.33 bits per heavy atom. The van der Waals surface area contributed by atoms with Crippen molar-refractivity contribution in [2.45, 2.75) is 12.6 Å². The van der Waals surface area contributed by atoms with Gasteiger partial charge in [-0.2, -0.15) is 5.10 Å². The van der Waals surface area contributed by atoms with Gasteiger partial charge in [0, 0.05) is 33.0 Å². The third-order valence-electron chi connectivity index (χ3n) is 1.66. The molecule has 0 aliphatic carbocycles. The molecule has 0 saturated heterocycles. The third-order valence-corrected chi connectivity index (χ3v) is 1.66. The van der Waals surface area contributed by atoms with Gasteiger partial charge in [0.2, 0.25) is 0 Å². The van der Waals surface area contributed by atoms with Crippen LogP contribution in [0.25, 0.3) is 0 Å². The topological polar surface area (TPSA) is 36.3 Å². The van der Waals surface area contributed by atoms with Gasteiger partial charge in [-0.05, 0) is 6.07 Å². The normalized spacial score (nSPS) is 13.2. The predicted octanol–water partition coefficient (Wildman–Crippen LogP) is 1.06. The van der Waals surface area contributed by atoms with Crippen LogP contribution in [0.2, 0.25) is 0 Å². The molecule has 1 heterocycles. The summed E-state index contributed by atoms with van der Waals surface area (Å²) in [6.45, 7) is 0.679. The second kappa shape index (κ2) is 4.90. The number of aromatic nitrogens is 2. The molecule has 0 aliphatic rings. The quantitative estimate of drug-likeness (QED) is 0.663. The van der Waals surface area contributed by atoms with E-state index in [1.54, 1.807) is 25.1 Å². The SMILES string of the molecule is COCCC(OC)n1cccn1. The predicted molar refractivity (Wildman–Crippen MR) is 44.8 cm³/mol. The number of methoxy groups -OCH3 is 2. The van der Waals surface area contributed by atoms with Crippen LogP contribution >= 0.6 is 0 Å². The highest BCUT2D eigenvalue weighted by Gasteiger charge is 2.07. The second-order valence-corrected chi connectivity index (χ2v) is 2.46. The molecule has 0 saturated carbocycles. The Balaban J connectivity index is 2.45. The van der Waals surface area contributed by atoms with Crippen molar-refractivity contribution in [3.63, 3.8) is 0 Å². The number of hydrogen-bond acceptors (Lipinski definition) is 3. The highest BCUT2D eigenvalue weighted by atomic mass is 16.5. The van der Waals surface area contributed by atoms with Crippen molar-refractivity contribution in [2.24, 2.45) is 0 Å². The molecule has 1 rings (SSSR count). The average molecular weight is 170 g/mol. The summed E-state index contributed by atoms with van der Waals surface area (Å²) in [5.74, 6) is 0. The van der Waals surface area contributed by atoms with E-state index in [4.69, 9.17) is 9.47 Å². The zero-order chi connectivity index (χ0) is 8.81. The van der Waals surface area contributed by atoms with E-state index in [1.165, 1.54) is 0 Å². The first kappa shape index (κ1) is 9.22. The molecule has 4 heteroatoms. The number of rotatable bonds is 5. The molecule has 12 heavy (non-hydrogen) atoms. The van der Waals surface area contributed by atoms with Crippen molar-refractivity contribution >= 4 is 0 Å². The summed E-state index contributed by atoms with van der Waals surface area (Å²) in [6.07, 6.45) is 4.41. The zero-order valence-corrected chi connectivity index (χ0v) is 7.43. The van der Waals surface area contributed by atoms with Crippen molar-refractivity contribution in [1.29, 1.82) is 0 Å². The fourth-order valence-corrected chi connectivity index (χ4v) is 1.03. The maximum absolute atomic E-state index is 5.22. The standard InChI is InChI=1S/C8H14N2O2/c1-11-7-4-8(12-2)10-6-3-5-9-10/h3,5-6,8H,4,7H2,1-2H3. The maximum atomic E-state index is 5.22. The third kappa shape index (κ3) is 2.32. The van der Waals surface area contributed by atoms with E-state index in [9.17, 15) is 0 Å². The largest absolute Gasteiger partial charge is 0.385 e. The van der Waals surface area contributed by atoms with E-state index in [0.29, 0.717) is 6.61 Å². The minimum absolute atomic E-state index is 0.0139. The Labute approximate surface area is 72.1 Å². The Kier molecular flexibility index (Phi) is 3.76. The van der Waals surface area contributed by atoms with Crippen LogP contribution in [-0.4, -0.2) is 30.6 Å². The van der Waals surface area contributed by atoms with Crippen LogP contribution in [-0.2, 0) is 9.47 Å². The molecule has 0 amide bonds. The molecule has 1 aromatic rings. The summed E-state index contributed by atoms with van der Waals surface area (Å²) in [5, 5.41) is 4.08. The van der Waals surface area contributed by atoms with Crippen LogP contribution in [0.5, 0.6) is 0 Å². The fraction of sp³-hybridized carbons (Fsp3) is 0.625. The van der Waals surface area contributed by atoms with Gasteiger partial charge in [-0.15, -0.1) is 0 Å². The summed E-state index contributed by atoms with van der Waals surface area (Å²) in [6, 6.07) is 1.87. The van der Waals surface area contributed by atoms with Gasteiger partial charge in [-0.1, -0.05) is 0 Å². The van der Waals surface area contributed by atoms with E-state index in [-0.39, 0.29) is 6.23 Å². The first-order chi connectivity index (χ1) is 5.88. The molecule has 1 unspecified atom stereocenters. The van der Waals surface area contributed by atoms with Crippen LogP contribution in [0, 0.1) is 0 Å². The molecule has 1 aromatic heterocycles. The lowest BCUT2D eigenvalue weighted by Gasteiger charge is -2.14. The van der Waals surface area contributed by atoms with Gasteiger partial charge in [0.15, 0.2) is 6.23 Å². The van der Waals surface area contributed by atoms with Gasteiger partial charge in [0.1, 0.15) is 0 Å². The highest BCUT2D eigenvalue weighted by molar-refractivity contribution is 4.79. The van der Waals surface area contributed by atoms with Crippen LogP contribution < -0.4 is 0 Å². The van der Waals surface area contributed by atoms with Crippen molar-refractivity contribution in [2.75, 3.05) is 20.8 Å². The van der Waals surface area contributed by atoms with E-state index >= 15 is 0 Å². The smallest absolute Gasteiger partial charge is 0.151 e. The molecule has 0 radical (unpaired) electrons. The highest BCUT2D eigenvalue weighted by Crippen LogP contribution is 2.09. The van der Waals surface area contributed by atoms with Crippen LogP contribution in [0.1, 0.15) is 12.6 Å². The number of hydrogen-bond donors (Lipinski definition) is 0. The van der Waals surface area contributed by atoms with Gasteiger partial charge in [-0.25, -0.2) is 4.68 Å². The first-order valence-electron chi connectivity index (χ1n) is 3.89. The molecule has 0 bridgehead atoms.